The molecule has 0 radical (unpaired) electrons. The van der Waals surface area contributed by atoms with Crippen LogP contribution in [0, 0.1) is 0 Å². The summed E-state index contributed by atoms with van der Waals surface area (Å²) in [5.41, 5.74) is 0. The van der Waals surface area contributed by atoms with Gasteiger partial charge in [-0.3, -0.25) is 4.79 Å². The van der Waals surface area contributed by atoms with Crippen molar-refractivity contribution in [3.63, 3.8) is 0 Å². The number of unbranched alkanes of at least 4 members (excludes halogenated alkanes) is 15. The third-order valence-corrected chi connectivity index (χ3v) is 6.05. The molecule has 1 unspecified atom stereocenters. The summed E-state index contributed by atoms with van der Waals surface area (Å²) >= 11 is 0. The summed E-state index contributed by atoms with van der Waals surface area (Å²) in [5, 5.41) is 8.62. The molecule has 1 atom stereocenters. The second-order valence-corrected chi connectivity index (χ2v) is 9.00. The minimum atomic E-state index is -0.655. The molecule has 4 heteroatoms. The van der Waals surface area contributed by atoms with Crippen molar-refractivity contribution >= 4 is 18.4 Å². The highest BCUT2D eigenvalue weighted by Gasteiger charge is 2.10. The Morgan fingerprint density at radius 3 is 1.34 bits per heavy atom. The average Bonchev–Trinajstić information content (AvgIpc) is 2.65. The van der Waals surface area contributed by atoms with Gasteiger partial charge in [0.1, 0.15) is 0 Å². The van der Waals surface area contributed by atoms with E-state index in [4.69, 9.17) is 5.11 Å². The van der Waals surface area contributed by atoms with Crippen LogP contribution in [0.15, 0.2) is 0 Å². The monoisotopic (exact) mass is 433 g/mol. The maximum atomic E-state index is 10.5. The van der Waals surface area contributed by atoms with E-state index in [1.807, 2.05) is 0 Å². The molecule has 176 valence electrons. The van der Waals surface area contributed by atoms with E-state index in [1.54, 1.807) is 0 Å². The maximum Gasteiger partial charge on any atom is 0.303 e. The Bertz CT molecular complexity index is 337. The highest BCUT2D eigenvalue weighted by Crippen LogP contribution is 2.17. The highest BCUT2D eigenvalue weighted by molar-refractivity contribution is 5.85. The first kappa shape index (κ1) is 30.9. The minimum Gasteiger partial charge on any atom is -0.481 e. The predicted molar refractivity (Wildman–Crippen MR) is 130 cm³/mol. The van der Waals surface area contributed by atoms with Crippen molar-refractivity contribution in [1.82, 2.24) is 4.90 Å². The van der Waals surface area contributed by atoms with Gasteiger partial charge in [0.05, 0.1) is 0 Å². The molecule has 0 fully saturated rings. The molecule has 0 aromatic heterocycles. The predicted octanol–water partition coefficient (Wildman–Crippen LogP) is 8.24. The molecule has 0 aliphatic rings. The molecule has 0 amide bonds. The maximum absolute atomic E-state index is 10.5. The number of carboxylic acids is 1. The second kappa shape index (κ2) is 24.0. The van der Waals surface area contributed by atoms with Crippen LogP contribution in [0.2, 0.25) is 0 Å². The van der Waals surface area contributed by atoms with E-state index in [1.165, 1.54) is 109 Å². The molecule has 0 saturated heterocycles. The van der Waals surface area contributed by atoms with E-state index >= 15 is 0 Å². The number of carbonyl (C=O) groups is 1. The smallest absolute Gasteiger partial charge is 0.303 e. The van der Waals surface area contributed by atoms with Crippen LogP contribution in [-0.4, -0.2) is 36.1 Å². The lowest BCUT2D eigenvalue weighted by molar-refractivity contribution is -0.137. The topological polar surface area (TPSA) is 40.5 Å². The fourth-order valence-corrected chi connectivity index (χ4v) is 4.07. The zero-order valence-corrected chi connectivity index (χ0v) is 20.7. The van der Waals surface area contributed by atoms with Gasteiger partial charge in [0.2, 0.25) is 0 Å². The Kier molecular flexibility index (Phi) is 25.6. The Hall–Kier alpha value is -0.280. The number of rotatable bonds is 22. The molecule has 29 heavy (non-hydrogen) atoms. The summed E-state index contributed by atoms with van der Waals surface area (Å²) in [6, 6.07) is 0.764. The van der Waals surface area contributed by atoms with E-state index in [-0.39, 0.29) is 12.4 Å². The van der Waals surface area contributed by atoms with Gasteiger partial charge in [-0.05, 0) is 33.4 Å². The van der Waals surface area contributed by atoms with Crippen LogP contribution in [0.1, 0.15) is 135 Å². The number of halogens is 1. The molecule has 0 heterocycles. The van der Waals surface area contributed by atoms with Crippen LogP contribution >= 0.6 is 12.4 Å². The van der Waals surface area contributed by atoms with E-state index in [9.17, 15) is 4.79 Å². The SMILES string of the molecule is CCCCCCCCCCCC(CCCCCCCCCCC(=O)O)N(C)C.Cl. The normalized spacial score (nSPS) is 12.1. The molecular weight excluding hydrogens is 382 g/mol. The fraction of sp³-hybridized carbons (Fsp3) is 0.960. The number of carboxylic acid groups (broad SMARTS) is 1. The van der Waals surface area contributed by atoms with Crippen molar-refractivity contribution in [3.05, 3.63) is 0 Å². The minimum absolute atomic E-state index is 0. The van der Waals surface area contributed by atoms with Gasteiger partial charge in [0.15, 0.2) is 0 Å². The standard InChI is InChI=1S/C25H51NO2.ClH/c1-4-5-6-7-8-9-12-15-18-21-24(26(2)3)22-19-16-13-10-11-14-17-20-23-25(27)28;/h24H,4-23H2,1-3H3,(H,27,28);1H. The van der Waals surface area contributed by atoms with Gasteiger partial charge in [-0.1, -0.05) is 110 Å². The average molecular weight is 434 g/mol. The van der Waals surface area contributed by atoms with Crippen LogP contribution < -0.4 is 0 Å². The number of aliphatic carboxylic acids is 1. The summed E-state index contributed by atoms with van der Waals surface area (Å²) in [5.74, 6) is -0.655. The lowest BCUT2D eigenvalue weighted by Crippen LogP contribution is -2.27. The summed E-state index contributed by atoms with van der Waals surface area (Å²) in [7, 11) is 4.49. The van der Waals surface area contributed by atoms with E-state index in [0.29, 0.717) is 6.42 Å². The van der Waals surface area contributed by atoms with Crippen molar-refractivity contribution in [2.45, 2.75) is 141 Å². The first-order chi connectivity index (χ1) is 13.6. The first-order valence-corrected chi connectivity index (χ1v) is 12.5. The molecule has 0 bridgehead atoms. The van der Waals surface area contributed by atoms with E-state index < -0.39 is 5.97 Å². The van der Waals surface area contributed by atoms with E-state index in [2.05, 4.69) is 25.9 Å². The van der Waals surface area contributed by atoms with Gasteiger partial charge in [-0.25, -0.2) is 0 Å². The molecule has 0 aliphatic carbocycles. The van der Waals surface area contributed by atoms with Crippen molar-refractivity contribution in [1.29, 1.82) is 0 Å². The van der Waals surface area contributed by atoms with E-state index in [0.717, 1.165) is 18.9 Å². The zero-order valence-electron chi connectivity index (χ0n) is 19.9. The van der Waals surface area contributed by atoms with Crippen LogP contribution in [0.4, 0.5) is 0 Å². The van der Waals surface area contributed by atoms with Crippen LogP contribution in [0.25, 0.3) is 0 Å². The lowest BCUT2D eigenvalue weighted by Gasteiger charge is -2.24. The van der Waals surface area contributed by atoms with Gasteiger partial charge in [-0.15, -0.1) is 12.4 Å². The summed E-state index contributed by atoms with van der Waals surface area (Å²) in [6.07, 6.45) is 25.6. The molecule has 3 nitrogen and oxygen atoms in total. The van der Waals surface area contributed by atoms with Gasteiger partial charge >= 0.3 is 5.97 Å². The van der Waals surface area contributed by atoms with Crippen molar-refractivity contribution in [2.24, 2.45) is 0 Å². The van der Waals surface area contributed by atoms with Gasteiger partial charge < -0.3 is 10.0 Å². The van der Waals surface area contributed by atoms with Crippen LogP contribution in [0.3, 0.4) is 0 Å². The second-order valence-electron chi connectivity index (χ2n) is 9.00. The molecule has 0 aromatic rings. The zero-order chi connectivity index (χ0) is 20.9. The third-order valence-electron chi connectivity index (χ3n) is 6.05. The number of nitrogens with zero attached hydrogens (tertiary/aromatic N) is 1. The van der Waals surface area contributed by atoms with Gasteiger partial charge in [0, 0.05) is 12.5 Å². The molecule has 0 spiro atoms. The molecule has 0 saturated carbocycles. The van der Waals surface area contributed by atoms with Crippen molar-refractivity contribution < 1.29 is 9.90 Å². The Morgan fingerprint density at radius 1 is 0.655 bits per heavy atom. The Morgan fingerprint density at radius 2 is 1.00 bits per heavy atom. The Labute approximate surface area is 188 Å². The fourth-order valence-electron chi connectivity index (χ4n) is 4.07. The first-order valence-electron chi connectivity index (χ1n) is 12.5. The molecular formula is C25H52ClNO2. The highest BCUT2D eigenvalue weighted by atomic mass is 35.5. The lowest BCUT2D eigenvalue weighted by atomic mass is 9.99. The number of hydrogen-bond acceptors (Lipinski definition) is 2. The quantitative estimate of drug-likeness (QED) is 0.175. The molecule has 0 aromatic carbocycles. The van der Waals surface area contributed by atoms with Gasteiger partial charge in [-0.2, -0.15) is 0 Å². The van der Waals surface area contributed by atoms with Crippen LogP contribution in [-0.2, 0) is 4.79 Å². The molecule has 0 rings (SSSR count). The molecule has 1 N–H and O–H groups in total. The van der Waals surface area contributed by atoms with Crippen molar-refractivity contribution in [3.8, 4) is 0 Å². The largest absolute Gasteiger partial charge is 0.481 e. The number of hydrogen-bond donors (Lipinski definition) is 1. The van der Waals surface area contributed by atoms with Crippen molar-refractivity contribution in [2.75, 3.05) is 14.1 Å². The van der Waals surface area contributed by atoms with Gasteiger partial charge in [0.25, 0.3) is 0 Å². The third kappa shape index (κ3) is 23.9. The summed E-state index contributed by atoms with van der Waals surface area (Å²) < 4.78 is 0. The summed E-state index contributed by atoms with van der Waals surface area (Å²) in [4.78, 5) is 12.9. The molecule has 0 aliphatic heterocycles. The summed E-state index contributed by atoms with van der Waals surface area (Å²) in [6.45, 7) is 2.29. The van der Waals surface area contributed by atoms with Crippen LogP contribution in [0.5, 0.6) is 0 Å². The Balaban J connectivity index is 0.